The lowest BCUT2D eigenvalue weighted by Crippen LogP contribution is -2.39. The molecule has 0 saturated carbocycles. The zero-order valence-electron chi connectivity index (χ0n) is 11.3. The molecule has 96 valence electrons. The molecule has 0 rings (SSSR count). The first kappa shape index (κ1) is 15.4. The maximum atomic E-state index is 11.4. The molecule has 0 aromatic carbocycles. The second-order valence-electron chi connectivity index (χ2n) is 4.59. The summed E-state index contributed by atoms with van der Waals surface area (Å²) in [6.45, 7) is 9.94. The highest BCUT2D eigenvalue weighted by Crippen LogP contribution is 2.11. The van der Waals surface area contributed by atoms with Gasteiger partial charge in [0.05, 0.1) is 6.54 Å². The van der Waals surface area contributed by atoms with Crippen molar-refractivity contribution < 1.29 is 4.79 Å². The van der Waals surface area contributed by atoms with Crippen LogP contribution in [-0.4, -0.2) is 25.0 Å². The van der Waals surface area contributed by atoms with Crippen molar-refractivity contribution in [3.05, 3.63) is 0 Å². The molecule has 0 radical (unpaired) electrons. The van der Waals surface area contributed by atoms with Crippen LogP contribution in [0.15, 0.2) is 0 Å². The maximum absolute atomic E-state index is 11.4. The minimum absolute atomic E-state index is 0.115. The van der Waals surface area contributed by atoms with E-state index in [9.17, 15) is 4.79 Å². The van der Waals surface area contributed by atoms with E-state index in [1.54, 1.807) is 0 Å². The Morgan fingerprint density at radius 3 is 2.38 bits per heavy atom. The van der Waals surface area contributed by atoms with Gasteiger partial charge in [0.25, 0.3) is 0 Å². The molecule has 0 fully saturated rings. The lowest BCUT2D eigenvalue weighted by atomic mass is 9.98. The van der Waals surface area contributed by atoms with Gasteiger partial charge in [-0.15, -0.1) is 0 Å². The van der Waals surface area contributed by atoms with Crippen molar-refractivity contribution in [3.63, 3.8) is 0 Å². The molecule has 2 atom stereocenters. The Kier molecular flexibility index (Phi) is 9.30. The first-order valence-corrected chi connectivity index (χ1v) is 6.64. The molecule has 0 saturated heterocycles. The number of carbonyl (C=O) groups is 1. The summed E-state index contributed by atoms with van der Waals surface area (Å²) in [6, 6.07) is 0.474. The smallest absolute Gasteiger partial charge is 0.233 e. The minimum atomic E-state index is 0.115. The summed E-state index contributed by atoms with van der Waals surface area (Å²) in [6.07, 6.45) is 4.45. The standard InChI is InChI=1S/C13H28N2O/c1-5-8-14-13(16)10-15-12(7-3)9-11(4)6-2/h11-12,15H,5-10H2,1-4H3,(H,14,16). The largest absolute Gasteiger partial charge is 0.355 e. The molecule has 0 bridgehead atoms. The highest BCUT2D eigenvalue weighted by atomic mass is 16.1. The maximum Gasteiger partial charge on any atom is 0.233 e. The van der Waals surface area contributed by atoms with E-state index >= 15 is 0 Å². The second kappa shape index (κ2) is 9.64. The van der Waals surface area contributed by atoms with Gasteiger partial charge in [0.15, 0.2) is 0 Å². The summed E-state index contributed by atoms with van der Waals surface area (Å²) in [4.78, 5) is 11.4. The monoisotopic (exact) mass is 228 g/mol. The highest BCUT2D eigenvalue weighted by molar-refractivity contribution is 5.77. The normalized spacial score (nSPS) is 14.5. The van der Waals surface area contributed by atoms with Crippen molar-refractivity contribution in [1.29, 1.82) is 0 Å². The molecule has 1 amide bonds. The summed E-state index contributed by atoms with van der Waals surface area (Å²) in [5, 5.41) is 6.21. The molecule has 3 nitrogen and oxygen atoms in total. The fraction of sp³-hybridized carbons (Fsp3) is 0.923. The van der Waals surface area contributed by atoms with Crippen molar-refractivity contribution >= 4 is 5.91 Å². The number of hydrogen-bond acceptors (Lipinski definition) is 2. The average Bonchev–Trinajstić information content (AvgIpc) is 2.31. The third-order valence-electron chi connectivity index (χ3n) is 3.00. The molecule has 0 aliphatic carbocycles. The first-order valence-electron chi connectivity index (χ1n) is 6.64. The van der Waals surface area contributed by atoms with Crippen LogP contribution in [0.5, 0.6) is 0 Å². The van der Waals surface area contributed by atoms with Gasteiger partial charge >= 0.3 is 0 Å². The Hall–Kier alpha value is -0.570. The zero-order valence-corrected chi connectivity index (χ0v) is 11.3. The average molecular weight is 228 g/mol. The van der Waals surface area contributed by atoms with Gasteiger partial charge < -0.3 is 10.6 Å². The van der Waals surface area contributed by atoms with Gasteiger partial charge in [0.2, 0.25) is 5.91 Å². The van der Waals surface area contributed by atoms with Crippen LogP contribution in [0.1, 0.15) is 53.4 Å². The van der Waals surface area contributed by atoms with Crippen molar-refractivity contribution in [1.82, 2.24) is 10.6 Å². The molecule has 0 spiro atoms. The molecule has 2 N–H and O–H groups in total. The number of amides is 1. The van der Waals surface area contributed by atoms with Crippen LogP contribution in [0.2, 0.25) is 0 Å². The molecule has 0 aromatic rings. The number of hydrogen-bond donors (Lipinski definition) is 2. The molecule has 0 aliphatic heterocycles. The number of rotatable bonds is 9. The lowest BCUT2D eigenvalue weighted by Gasteiger charge is -2.20. The molecule has 3 heteroatoms. The van der Waals surface area contributed by atoms with E-state index in [1.807, 2.05) is 0 Å². The third kappa shape index (κ3) is 7.69. The van der Waals surface area contributed by atoms with E-state index < -0.39 is 0 Å². The molecule has 0 heterocycles. The second-order valence-corrected chi connectivity index (χ2v) is 4.59. The van der Waals surface area contributed by atoms with Crippen LogP contribution in [0.3, 0.4) is 0 Å². The SMILES string of the molecule is CCCNC(=O)CNC(CC)CC(C)CC. The summed E-state index contributed by atoms with van der Waals surface area (Å²) >= 11 is 0. The Balaban J connectivity index is 3.73. The Morgan fingerprint density at radius 2 is 1.88 bits per heavy atom. The van der Waals surface area contributed by atoms with Crippen LogP contribution in [0.4, 0.5) is 0 Å². The van der Waals surface area contributed by atoms with Crippen LogP contribution >= 0.6 is 0 Å². The van der Waals surface area contributed by atoms with Gasteiger partial charge in [0, 0.05) is 12.6 Å². The third-order valence-corrected chi connectivity index (χ3v) is 3.00. The highest BCUT2D eigenvalue weighted by Gasteiger charge is 2.11. The quantitative estimate of drug-likeness (QED) is 0.636. The van der Waals surface area contributed by atoms with Gasteiger partial charge in [-0.1, -0.05) is 34.1 Å². The van der Waals surface area contributed by atoms with Crippen LogP contribution in [-0.2, 0) is 4.79 Å². The van der Waals surface area contributed by atoms with E-state index in [-0.39, 0.29) is 5.91 Å². The van der Waals surface area contributed by atoms with Crippen molar-refractivity contribution in [2.45, 2.75) is 59.4 Å². The molecule has 2 unspecified atom stereocenters. The summed E-state index contributed by atoms with van der Waals surface area (Å²) < 4.78 is 0. The number of carbonyl (C=O) groups excluding carboxylic acids is 1. The zero-order chi connectivity index (χ0) is 12.4. The van der Waals surface area contributed by atoms with Gasteiger partial charge in [-0.05, 0) is 25.2 Å². The van der Waals surface area contributed by atoms with Crippen LogP contribution in [0.25, 0.3) is 0 Å². The van der Waals surface area contributed by atoms with Gasteiger partial charge in [0.1, 0.15) is 0 Å². The van der Waals surface area contributed by atoms with Crippen LogP contribution in [0, 0.1) is 5.92 Å². The molecule has 16 heavy (non-hydrogen) atoms. The van der Waals surface area contributed by atoms with Gasteiger partial charge in [-0.3, -0.25) is 4.79 Å². The molecular formula is C13H28N2O. The summed E-state index contributed by atoms with van der Waals surface area (Å²) in [5.41, 5.74) is 0. The van der Waals surface area contributed by atoms with E-state index in [2.05, 4.69) is 38.3 Å². The van der Waals surface area contributed by atoms with Crippen LogP contribution < -0.4 is 10.6 Å². The van der Waals surface area contributed by atoms with E-state index in [0.29, 0.717) is 12.6 Å². The fourth-order valence-electron chi connectivity index (χ4n) is 1.61. The van der Waals surface area contributed by atoms with E-state index in [1.165, 1.54) is 6.42 Å². The Bertz CT molecular complexity index is 183. The van der Waals surface area contributed by atoms with Crippen molar-refractivity contribution in [2.75, 3.05) is 13.1 Å². The van der Waals surface area contributed by atoms with E-state index in [0.717, 1.165) is 31.7 Å². The molecule has 0 aliphatic rings. The predicted molar refractivity (Wildman–Crippen MR) is 69.5 cm³/mol. The van der Waals surface area contributed by atoms with Crippen molar-refractivity contribution in [3.8, 4) is 0 Å². The fourth-order valence-corrected chi connectivity index (χ4v) is 1.61. The first-order chi connectivity index (χ1) is 7.63. The summed E-state index contributed by atoms with van der Waals surface area (Å²) in [7, 11) is 0. The lowest BCUT2D eigenvalue weighted by molar-refractivity contribution is -0.120. The Morgan fingerprint density at radius 1 is 1.19 bits per heavy atom. The topological polar surface area (TPSA) is 41.1 Å². The minimum Gasteiger partial charge on any atom is -0.355 e. The van der Waals surface area contributed by atoms with Gasteiger partial charge in [-0.25, -0.2) is 0 Å². The van der Waals surface area contributed by atoms with Gasteiger partial charge in [-0.2, -0.15) is 0 Å². The number of nitrogens with one attached hydrogen (secondary N) is 2. The van der Waals surface area contributed by atoms with Crippen molar-refractivity contribution in [2.24, 2.45) is 5.92 Å². The molecule has 0 aromatic heterocycles. The summed E-state index contributed by atoms with van der Waals surface area (Å²) in [5.74, 6) is 0.848. The predicted octanol–water partition coefficient (Wildman–Crippen LogP) is 2.32. The molecular weight excluding hydrogens is 200 g/mol. The Labute approximate surface area is 100 Å². The van der Waals surface area contributed by atoms with E-state index in [4.69, 9.17) is 0 Å².